The Labute approximate surface area is 89.1 Å². The van der Waals surface area contributed by atoms with Crippen molar-refractivity contribution in [2.75, 3.05) is 26.2 Å². The molecule has 14 heavy (non-hydrogen) atoms. The van der Waals surface area contributed by atoms with Crippen molar-refractivity contribution in [1.29, 1.82) is 0 Å². The van der Waals surface area contributed by atoms with Gasteiger partial charge in [-0.1, -0.05) is 6.92 Å². The summed E-state index contributed by atoms with van der Waals surface area (Å²) >= 11 is 0. The van der Waals surface area contributed by atoms with E-state index in [1.807, 2.05) is 0 Å². The van der Waals surface area contributed by atoms with E-state index in [2.05, 4.69) is 31.0 Å². The zero-order valence-electron chi connectivity index (χ0n) is 10.1. The molecule has 0 saturated carbocycles. The molecule has 0 aromatic carbocycles. The minimum absolute atomic E-state index is 0.712. The summed E-state index contributed by atoms with van der Waals surface area (Å²) < 4.78 is 0. The molecule has 0 spiro atoms. The van der Waals surface area contributed by atoms with Crippen molar-refractivity contribution < 1.29 is 0 Å². The predicted octanol–water partition coefficient (Wildman–Crippen LogP) is 2.11. The fraction of sp³-hybridized carbons (Fsp3) is 1.00. The topological polar surface area (TPSA) is 15.3 Å². The standard InChI is InChI=1S/C12H26N2/c1-4-8-14(11(2)3)9-6-12-5-7-13-10-12/h11-13H,4-10H2,1-3H3. The fourth-order valence-corrected chi connectivity index (χ4v) is 2.22. The van der Waals surface area contributed by atoms with Crippen molar-refractivity contribution in [2.45, 2.75) is 46.1 Å². The van der Waals surface area contributed by atoms with Gasteiger partial charge in [0.15, 0.2) is 0 Å². The van der Waals surface area contributed by atoms with E-state index in [-0.39, 0.29) is 0 Å². The molecule has 1 unspecified atom stereocenters. The summed E-state index contributed by atoms with van der Waals surface area (Å²) in [7, 11) is 0. The van der Waals surface area contributed by atoms with Gasteiger partial charge in [0, 0.05) is 6.04 Å². The lowest BCUT2D eigenvalue weighted by atomic mass is 10.0. The second-order valence-corrected chi connectivity index (χ2v) is 4.78. The molecule has 1 fully saturated rings. The summed E-state index contributed by atoms with van der Waals surface area (Å²) in [5.74, 6) is 0.938. The van der Waals surface area contributed by atoms with Crippen LogP contribution >= 0.6 is 0 Å². The van der Waals surface area contributed by atoms with Gasteiger partial charge in [0.05, 0.1) is 0 Å². The van der Waals surface area contributed by atoms with Crippen LogP contribution in [0.2, 0.25) is 0 Å². The zero-order valence-corrected chi connectivity index (χ0v) is 10.1. The van der Waals surface area contributed by atoms with Crippen LogP contribution in [0.1, 0.15) is 40.0 Å². The van der Waals surface area contributed by atoms with Gasteiger partial charge in [0.25, 0.3) is 0 Å². The fourth-order valence-electron chi connectivity index (χ4n) is 2.22. The Kier molecular flexibility index (Phi) is 5.49. The first-order valence-electron chi connectivity index (χ1n) is 6.18. The van der Waals surface area contributed by atoms with Crippen molar-refractivity contribution in [3.05, 3.63) is 0 Å². The SMILES string of the molecule is CCCN(CCC1CCNC1)C(C)C. The lowest BCUT2D eigenvalue weighted by molar-refractivity contribution is 0.208. The Morgan fingerprint density at radius 3 is 2.64 bits per heavy atom. The second kappa shape index (κ2) is 6.41. The lowest BCUT2D eigenvalue weighted by Crippen LogP contribution is -2.33. The Morgan fingerprint density at radius 2 is 2.14 bits per heavy atom. The minimum atomic E-state index is 0.712. The second-order valence-electron chi connectivity index (χ2n) is 4.78. The first kappa shape index (κ1) is 12.0. The Morgan fingerprint density at radius 1 is 1.36 bits per heavy atom. The number of nitrogens with zero attached hydrogens (tertiary/aromatic N) is 1. The van der Waals surface area contributed by atoms with Crippen molar-refractivity contribution >= 4 is 0 Å². The van der Waals surface area contributed by atoms with Crippen LogP contribution < -0.4 is 5.32 Å². The maximum absolute atomic E-state index is 3.44. The number of nitrogens with one attached hydrogen (secondary N) is 1. The summed E-state index contributed by atoms with van der Waals surface area (Å²) in [4.78, 5) is 2.61. The highest BCUT2D eigenvalue weighted by molar-refractivity contribution is 4.73. The third-order valence-electron chi connectivity index (χ3n) is 3.23. The quantitative estimate of drug-likeness (QED) is 0.703. The van der Waals surface area contributed by atoms with Gasteiger partial charge in [-0.15, -0.1) is 0 Å². The molecule has 84 valence electrons. The van der Waals surface area contributed by atoms with E-state index < -0.39 is 0 Å². The summed E-state index contributed by atoms with van der Waals surface area (Å²) in [6.45, 7) is 11.9. The minimum Gasteiger partial charge on any atom is -0.316 e. The van der Waals surface area contributed by atoms with Crippen LogP contribution in [0.5, 0.6) is 0 Å². The molecule has 0 amide bonds. The number of hydrogen-bond acceptors (Lipinski definition) is 2. The van der Waals surface area contributed by atoms with Gasteiger partial charge in [-0.25, -0.2) is 0 Å². The van der Waals surface area contributed by atoms with Crippen LogP contribution in [0.15, 0.2) is 0 Å². The molecular formula is C12H26N2. The van der Waals surface area contributed by atoms with E-state index in [0.29, 0.717) is 6.04 Å². The molecule has 1 aliphatic rings. The van der Waals surface area contributed by atoms with Crippen molar-refractivity contribution in [1.82, 2.24) is 10.2 Å². The smallest absolute Gasteiger partial charge is 0.00385 e. The highest BCUT2D eigenvalue weighted by atomic mass is 15.1. The monoisotopic (exact) mass is 198 g/mol. The maximum atomic E-state index is 3.44. The molecule has 2 nitrogen and oxygen atoms in total. The molecule has 1 atom stereocenters. The van der Waals surface area contributed by atoms with Gasteiger partial charge in [0.2, 0.25) is 0 Å². The van der Waals surface area contributed by atoms with Gasteiger partial charge in [-0.2, -0.15) is 0 Å². The third kappa shape index (κ3) is 3.97. The highest BCUT2D eigenvalue weighted by Crippen LogP contribution is 2.13. The normalized spacial score (nSPS) is 22.5. The van der Waals surface area contributed by atoms with E-state index in [9.17, 15) is 0 Å². The van der Waals surface area contributed by atoms with Gasteiger partial charge in [-0.3, -0.25) is 0 Å². The maximum Gasteiger partial charge on any atom is 0.00385 e. The molecule has 1 aliphatic heterocycles. The molecule has 2 heteroatoms. The molecule has 1 N–H and O–H groups in total. The first-order valence-corrected chi connectivity index (χ1v) is 6.18. The molecule has 0 radical (unpaired) electrons. The lowest BCUT2D eigenvalue weighted by Gasteiger charge is -2.27. The molecular weight excluding hydrogens is 172 g/mol. The van der Waals surface area contributed by atoms with Crippen LogP contribution in [-0.4, -0.2) is 37.1 Å². The van der Waals surface area contributed by atoms with Crippen molar-refractivity contribution in [2.24, 2.45) is 5.92 Å². The molecule has 0 aliphatic carbocycles. The van der Waals surface area contributed by atoms with Gasteiger partial charge in [-0.05, 0) is 65.2 Å². The molecule has 0 aromatic heterocycles. The van der Waals surface area contributed by atoms with Crippen molar-refractivity contribution in [3.8, 4) is 0 Å². The Bertz CT molecular complexity index is 139. The zero-order chi connectivity index (χ0) is 10.4. The average molecular weight is 198 g/mol. The first-order chi connectivity index (χ1) is 6.74. The van der Waals surface area contributed by atoms with Crippen LogP contribution in [0.25, 0.3) is 0 Å². The van der Waals surface area contributed by atoms with Crippen molar-refractivity contribution in [3.63, 3.8) is 0 Å². The summed E-state index contributed by atoms with van der Waals surface area (Å²) in [6.07, 6.45) is 4.05. The van der Waals surface area contributed by atoms with E-state index in [0.717, 1.165) is 5.92 Å². The largest absolute Gasteiger partial charge is 0.316 e. The summed E-state index contributed by atoms with van der Waals surface area (Å²) in [6, 6.07) is 0.712. The molecule has 0 aromatic rings. The predicted molar refractivity (Wildman–Crippen MR) is 62.6 cm³/mol. The van der Waals surface area contributed by atoms with E-state index in [1.54, 1.807) is 0 Å². The number of hydrogen-bond donors (Lipinski definition) is 1. The van der Waals surface area contributed by atoms with E-state index in [1.165, 1.54) is 45.4 Å². The van der Waals surface area contributed by atoms with E-state index >= 15 is 0 Å². The van der Waals surface area contributed by atoms with Crippen LogP contribution in [0.4, 0.5) is 0 Å². The van der Waals surface area contributed by atoms with Crippen LogP contribution in [-0.2, 0) is 0 Å². The van der Waals surface area contributed by atoms with E-state index in [4.69, 9.17) is 0 Å². The van der Waals surface area contributed by atoms with Crippen LogP contribution in [0.3, 0.4) is 0 Å². The Hall–Kier alpha value is -0.0800. The van der Waals surface area contributed by atoms with Gasteiger partial charge >= 0.3 is 0 Å². The molecule has 1 heterocycles. The molecule has 1 saturated heterocycles. The van der Waals surface area contributed by atoms with Gasteiger partial charge < -0.3 is 10.2 Å². The summed E-state index contributed by atoms with van der Waals surface area (Å²) in [5.41, 5.74) is 0. The Balaban J connectivity index is 2.17. The van der Waals surface area contributed by atoms with Crippen LogP contribution in [0, 0.1) is 5.92 Å². The van der Waals surface area contributed by atoms with Gasteiger partial charge in [0.1, 0.15) is 0 Å². The summed E-state index contributed by atoms with van der Waals surface area (Å²) in [5, 5.41) is 3.44. The number of rotatable bonds is 6. The average Bonchev–Trinajstić information content (AvgIpc) is 2.64. The third-order valence-corrected chi connectivity index (χ3v) is 3.23. The highest BCUT2D eigenvalue weighted by Gasteiger charge is 2.16. The molecule has 1 rings (SSSR count). The molecule has 0 bridgehead atoms.